The standard InChI is InChI=1S/C15H21F2NO2/c1-3-7-15(20,8-4-2)10-18-14(19)12-9-11(16)5-6-13(12)17/h5-6,9,20H,3-4,7-8,10H2,1-2H3,(H,18,19). The quantitative estimate of drug-likeness (QED) is 0.809. The van der Waals surface area contributed by atoms with Gasteiger partial charge in [0.15, 0.2) is 0 Å². The zero-order chi connectivity index (χ0) is 15.2. The molecule has 0 saturated heterocycles. The molecule has 3 nitrogen and oxygen atoms in total. The maximum absolute atomic E-state index is 13.4. The number of carbonyl (C=O) groups is 1. The maximum atomic E-state index is 13.4. The minimum absolute atomic E-state index is 0.0312. The van der Waals surface area contributed by atoms with Gasteiger partial charge in [0.25, 0.3) is 5.91 Å². The van der Waals surface area contributed by atoms with Gasteiger partial charge in [-0.2, -0.15) is 0 Å². The Labute approximate surface area is 118 Å². The summed E-state index contributed by atoms with van der Waals surface area (Å²) in [7, 11) is 0. The number of halogens is 2. The normalized spacial score (nSPS) is 11.4. The molecule has 0 unspecified atom stereocenters. The van der Waals surface area contributed by atoms with Crippen LogP contribution in [0.15, 0.2) is 18.2 Å². The highest BCUT2D eigenvalue weighted by Crippen LogP contribution is 2.19. The van der Waals surface area contributed by atoms with E-state index < -0.39 is 23.1 Å². The summed E-state index contributed by atoms with van der Waals surface area (Å²) < 4.78 is 26.5. The molecule has 0 bridgehead atoms. The van der Waals surface area contributed by atoms with Crippen LogP contribution in [0.25, 0.3) is 0 Å². The van der Waals surface area contributed by atoms with Crippen LogP contribution >= 0.6 is 0 Å². The Kier molecular flexibility index (Phi) is 6.07. The summed E-state index contributed by atoms with van der Waals surface area (Å²) in [5, 5.41) is 12.8. The van der Waals surface area contributed by atoms with Crippen molar-refractivity contribution < 1.29 is 18.7 Å². The van der Waals surface area contributed by atoms with E-state index in [1.165, 1.54) is 0 Å². The van der Waals surface area contributed by atoms with Crippen molar-refractivity contribution in [1.82, 2.24) is 5.32 Å². The summed E-state index contributed by atoms with van der Waals surface area (Å²) in [6.45, 7) is 3.91. The third-order valence-corrected chi connectivity index (χ3v) is 3.18. The molecule has 20 heavy (non-hydrogen) atoms. The number of hydrogen-bond donors (Lipinski definition) is 2. The number of benzene rings is 1. The van der Waals surface area contributed by atoms with E-state index in [0.717, 1.165) is 31.0 Å². The molecule has 1 aromatic carbocycles. The van der Waals surface area contributed by atoms with Gasteiger partial charge in [-0.15, -0.1) is 0 Å². The fourth-order valence-electron chi connectivity index (χ4n) is 2.24. The first-order valence-corrected chi connectivity index (χ1v) is 6.87. The van der Waals surface area contributed by atoms with Gasteiger partial charge in [0.05, 0.1) is 11.2 Å². The van der Waals surface area contributed by atoms with Crippen LogP contribution in [0, 0.1) is 11.6 Å². The van der Waals surface area contributed by atoms with Crippen LogP contribution in [0.5, 0.6) is 0 Å². The molecule has 2 N–H and O–H groups in total. The van der Waals surface area contributed by atoms with Crippen molar-refractivity contribution >= 4 is 5.91 Å². The van der Waals surface area contributed by atoms with Crippen LogP contribution < -0.4 is 5.32 Å². The molecule has 0 aliphatic heterocycles. The molecule has 0 fully saturated rings. The largest absolute Gasteiger partial charge is 0.388 e. The van der Waals surface area contributed by atoms with Crippen molar-refractivity contribution in [2.45, 2.75) is 45.1 Å². The van der Waals surface area contributed by atoms with E-state index in [1.54, 1.807) is 0 Å². The Morgan fingerprint density at radius 3 is 2.40 bits per heavy atom. The zero-order valence-corrected chi connectivity index (χ0v) is 11.9. The molecule has 0 atom stereocenters. The highest BCUT2D eigenvalue weighted by Gasteiger charge is 2.26. The maximum Gasteiger partial charge on any atom is 0.254 e. The molecule has 0 aliphatic rings. The Hall–Kier alpha value is -1.49. The number of aliphatic hydroxyl groups is 1. The lowest BCUT2D eigenvalue weighted by molar-refractivity contribution is 0.0212. The Morgan fingerprint density at radius 1 is 1.25 bits per heavy atom. The Bertz CT molecular complexity index is 457. The van der Waals surface area contributed by atoms with Crippen LogP contribution in [-0.2, 0) is 0 Å². The third kappa shape index (κ3) is 4.56. The third-order valence-electron chi connectivity index (χ3n) is 3.18. The lowest BCUT2D eigenvalue weighted by Crippen LogP contribution is -2.43. The van der Waals surface area contributed by atoms with Gasteiger partial charge in [-0.05, 0) is 31.0 Å². The second kappa shape index (κ2) is 7.33. The first kappa shape index (κ1) is 16.6. The average molecular weight is 285 g/mol. The predicted molar refractivity (Wildman–Crippen MR) is 73.5 cm³/mol. The zero-order valence-electron chi connectivity index (χ0n) is 11.9. The molecule has 0 heterocycles. The molecule has 0 aromatic heterocycles. The summed E-state index contributed by atoms with van der Waals surface area (Å²) in [6, 6.07) is 2.72. The number of hydrogen-bond acceptors (Lipinski definition) is 2. The summed E-state index contributed by atoms with van der Waals surface area (Å²) in [5.74, 6) is -2.17. The first-order chi connectivity index (χ1) is 9.41. The molecule has 1 amide bonds. The highest BCUT2D eigenvalue weighted by atomic mass is 19.1. The van der Waals surface area contributed by atoms with E-state index in [1.807, 2.05) is 13.8 Å². The lowest BCUT2D eigenvalue weighted by Gasteiger charge is -2.27. The number of carbonyl (C=O) groups excluding carboxylic acids is 1. The average Bonchev–Trinajstić information content (AvgIpc) is 2.39. The molecule has 0 aliphatic carbocycles. The molecule has 112 valence electrons. The molecule has 0 saturated carbocycles. The SMILES string of the molecule is CCCC(O)(CCC)CNC(=O)c1cc(F)ccc1F. The van der Waals surface area contributed by atoms with E-state index in [2.05, 4.69) is 5.32 Å². The molecular formula is C15H21F2NO2. The van der Waals surface area contributed by atoms with Gasteiger partial charge in [-0.3, -0.25) is 4.79 Å². The van der Waals surface area contributed by atoms with Gasteiger partial charge in [-0.1, -0.05) is 26.7 Å². The van der Waals surface area contributed by atoms with Crippen LogP contribution in [0.1, 0.15) is 49.9 Å². The van der Waals surface area contributed by atoms with Gasteiger partial charge >= 0.3 is 0 Å². The van der Waals surface area contributed by atoms with Crippen molar-refractivity contribution in [3.8, 4) is 0 Å². The van der Waals surface area contributed by atoms with Crippen molar-refractivity contribution in [3.63, 3.8) is 0 Å². The summed E-state index contributed by atoms with van der Waals surface area (Å²) in [6.07, 6.45) is 2.65. The molecule has 0 radical (unpaired) electrons. The molecular weight excluding hydrogens is 264 g/mol. The molecule has 5 heteroatoms. The van der Waals surface area contributed by atoms with Crippen molar-refractivity contribution in [2.75, 3.05) is 6.54 Å². The van der Waals surface area contributed by atoms with Gasteiger partial charge in [0.2, 0.25) is 0 Å². The molecule has 0 spiro atoms. The second-order valence-electron chi connectivity index (χ2n) is 5.03. The number of nitrogens with one attached hydrogen (secondary N) is 1. The number of rotatable bonds is 7. The van der Waals surface area contributed by atoms with Crippen molar-refractivity contribution in [3.05, 3.63) is 35.4 Å². The second-order valence-corrected chi connectivity index (χ2v) is 5.03. The minimum Gasteiger partial charge on any atom is -0.388 e. The highest BCUT2D eigenvalue weighted by molar-refractivity contribution is 5.94. The van der Waals surface area contributed by atoms with Gasteiger partial charge in [0.1, 0.15) is 11.6 Å². The summed E-state index contributed by atoms with van der Waals surface area (Å²) in [5.41, 5.74) is -1.34. The van der Waals surface area contributed by atoms with Crippen molar-refractivity contribution in [1.29, 1.82) is 0 Å². The van der Waals surface area contributed by atoms with E-state index >= 15 is 0 Å². The summed E-state index contributed by atoms with van der Waals surface area (Å²) >= 11 is 0. The topological polar surface area (TPSA) is 49.3 Å². The fraction of sp³-hybridized carbons (Fsp3) is 0.533. The van der Waals surface area contributed by atoms with Gasteiger partial charge in [0, 0.05) is 6.54 Å². The van der Waals surface area contributed by atoms with Crippen LogP contribution in [0.3, 0.4) is 0 Å². The van der Waals surface area contributed by atoms with Crippen molar-refractivity contribution in [2.24, 2.45) is 0 Å². The van der Waals surface area contributed by atoms with E-state index in [-0.39, 0.29) is 12.1 Å². The lowest BCUT2D eigenvalue weighted by atomic mass is 9.92. The minimum atomic E-state index is -0.997. The Balaban J connectivity index is 2.72. The Morgan fingerprint density at radius 2 is 1.85 bits per heavy atom. The van der Waals surface area contributed by atoms with E-state index in [0.29, 0.717) is 12.8 Å². The smallest absolute Gasteiger partial charge is 0.254 e. The molecule has 1 rings (SSSR count). The van der Waals surface area contributed by atoms with E-state index in [4.69, 9.17) is 0 Å². The molecule has 1 aromatic rings. The first-order valence-electron chi connectivity index (χ1n) is 6.87. The van der Waals surface area contributed by atoms with Gasteiger partial charge in [-0.25, -0.2) is 8.78 Å². The van der Waals surface area contributed by atoms with Crippen LogP contribution in [-0.4, -0.2) is 23.2 Å². The van der Waals surface area contributed by atoms with Crippen LogP contribution in [0.2, 0.25) is 0 Å². The number of amides is 1. The van der Waals surface area contributed by atoms with Gasteiger partial charge < -0.3 is 10.4 Å². The monoisotopic (exact) mass is 285 g/mol. The van der Waals surface area contributed by atoms with E-state index in [9.17, 15) is 18.7 Å². The fourth-order valence-corrected chi connectivity index (χ4v) is 2.24. The predicted octanol–water partition coefficient (Wildman–Crippen LogP) is 3.03. The van der Waals surface area contributed by atoms with Crippen LogP contribution in [0.4, 0.5) is 8.78 Å². The summed E-state index contributed by atoms with van der Waals surface area (Å²) in [4.78, 5) is 11.8.